The van der Waals surface area contributed by atoms with E-state index in [2.05, 4.69) is 42.2 Å². The fraction of sp³-hybridized carbons (Fsp3) is 0.350. The van der Waals surface area contributed by atoms with Gasteiger partial charge in [-0.05, 0) is 47.6 Å². The SMILES string of the molecule is C=CCC(=O)NCCC1CCc2c(OC)ccc3cccc1c23. The summed E-state index contributed by atoms with van der Waals surface area (Å²) in [6.45, 7) is 4.31. The Morgan fingerprint density at radius 3 is 3.04 bits per heavy atom. The molecule has 0 heterocycles. The van der Waals surface area contributed by atoms with Crippen LogP contribution in [-0.4, -0.2) is 19.6 Å². The Morgan fingerprint density at radius 2 is 2.26 bits per heavy atom. The zero-order chi connectivity index (χ0) is 16.2. The lowest BCUT2D eigenvalue weighted by atomic mass is 9.79. The van der Waals surface area contributed by atoms with Crippen molar-refractivity contribution in [2.24, 2.45) is 0 Å². The number of hydrogen-bond donors (Lipinski definition) is 1. The third-order valence-electron chi connectivity index (χ3n) is 4.69. The number of carbonyl (C=O) groups excluding carboxylic acids is 1. The first kappa shape index (κ1) is 15.6. The summed E-state index contributed by atoms with van der Waals surface area (Å²) in [6, 6.07) is 10.7. The molecule has 0 radical (unpaired) electrons. The highest BCUT2D eigenvalue weighted by molar-refractivity contribution is 5.92. The summed E-state index contributed by atoms with van der Waals surface area (Å²) in [5.74, 6) is 1.53. The third kappa shape index (κ3) is 3.09. The zero-order valence-corrected chi connectivity index (χ0v) is 13.6. The summed E-state index contributed by atoms with van der Waals surface area (Å²) in [6.07, 6.45) is 5.13. The van der Waals surface area contributed by atoms with Gasteiger partial charge in [0.15, 0.2) is 0 Å². The van der Waals surface area contributed by atoms with E-state index < -0.39 is 0 Å². The van der Waals surface area contributed by atoms with Gasteiger partial charge in [-0.3, -0.25) is 4.79 Å². The fourth-order valence-electron chi connectivity index (χ4n) is 3.61. The summed E-state index contributed by atoms with van der Waals surface area (Å²) in [4.78, 5) is 11.6. The number of aryl methyl sites for hydroxylation is 1. The van der Waals surface area contributed by atoms with E-state index in [1.807, 2.05) is 0 Å². The van der Waals surface area contributed by atoms with Crippen LogP contribution in [0.1, 0.15) is 36.3 Å². The molecule has 0 saturated carbocycles. The molecule has 1 amide bonds. The summed E-state index contributed by atoms with van der Waals surface area (Å²) < 4.78 is 5.54. The summed E-state index contributed by atoms with van der Waals surface area (Å²) in [5, 5.41) is 5.60. The van der Waals surface area contributed by atoms with E-state index in [0.29, 0.717) is 18.9 Å². The second-order valence-corrected chi connectivity index (χ2v) is 6.06. The molecule has 120 valence electrons. The topological polar surface area (TPSA) is 38.3 Å². The van der Waals surface area contributed by atoms with Gasteiger partial charge in [-0.15, -0.1) is 6.58 Å². The minimum atomic E-state index is 0.0519. The molecule has 1 unspecified atom stereocenters. The Labute approximate surface area is 137 Å². The molecule has 23 heavy (non-hydrogen) atoms. The van der Waals surface area contributed by atoms with Crippen LogP contribution in [0.4, 0.5) is 0 Å². The molecular weight excluding hydrogens is 286 g/mol. The zero-order valence-electron chi connectivity index (χ0n) is 13.6. The Bertz CT molecular complexity index is 736. The van der Waals surface area contributed by atoms with Gasteiger partial charge in [-0.2, -0.15) is 0 Å². The van der Waals surface area contributed by atoms with E-state index in [9.17, 15) is 4.79 Å². The van der Waals surface area contributed by atoms with Crippen molar-refractivity contribution >= 4 is 16.7 Å². The molecule has 1 aliphatic carbocycles. The van der Waals surface area contributed by atoms with Crippen LogP contribution < -0.4 is 10.1 Å². The van der Waals surface area contributed by atoms with Crippen molar-refractivity contribution in [3.8, 4) is 5.75 Å². The summed E-state index contributed by atoms with van der Waals surface area (Å²) in [5.41, 5.74) is 2.72. The lowest BCUT2D eigenvalue weighted by molar-refractivity contribution is -0.120. The van der Waals surface area contributed by atoms with Crippen molar-refractivity contribution in [2.45, 2.75) is 31.6 Å². The van der Waals surface area contributed by atoms with Gasteiger partial charge in [0.2, 0.25) is 5.91 Å². The smallest absolute Gasteiger partial charge is 0.223 e. The van der Waals surface area contributed by atoms with Crippen LogP contribution in [0.15, 0.2) is 43.0 Å². The number of amides is 1. The number of hydrogen-bond acceptors (Lipinski definition) is 2. The number of nitrogens with one attached hydrogen (secondary N) is 1. The van der Waals surface area contributed by atoms with Crippen molar-refractivity contribution in [3.05, 3.63) is 54.1 Å². The molecule has 0 fully saturated rings. The maximum Gasteiger partial charge on any atom is 0.223 e. The number of methoxy groups -OCH3 is 1. The van der Waals surface area contributed by atoms with Crippen molar-refractivity contribution in [1.82, 2.24) is 5.32 Å². The fourth-order valence-corrected chi connectivity index (χ4v) is 3.61. The maximum absolute atomic E-state index is 11.6. The van der Waals surface area contributed by atoms with Crippen LogP contribution in [0, 0.1) is 0 Å². The minimum absolute atomic E-state index is 0.0519. The summed E-state index contributed by atoms with van der Waals surface area (Å²) >= 11 is 0. The second-order valence-electron chi connectivity index (χ2n) is 6.06. The predicted octanol–water partition coefficient (Wildman–Crippen LogP) is 3.96. The average molecular weight is 309 g/mol. The Kier molecular flexibility index (Phi) is 4.65. The Hall–Kier alpha value is -2.29. The highest BCUT2D eigenvalue weighted by Crippen LogP contribution is 2.41. The second kappa shape index (κ2) is 6.86. The minimum Gasteiger partial charge on any atom is -0.496 e. The van der Waals surface area contributed by atoms with Gasteiger partial charge in [0.25, 0.3) is 0 Å². The predicted molar refractivity (Wildman–Crippen MR) is 94.0 cm³/mol. The highest BCUT2D eigenvalue weighted by atomic mass is 16.5. The van der Waals surface area contributed by atoms with Crippen molar-refractivity contribution in [2.75, 3.05) is 13.7 Å². The Morgan fingerprint density at radius 1 is 1.39 bits per heavy atom. The van der Waals surface area contributed by atoms with E-state index in [0.717, 1.165) is 25.0 Å². The summed E-state index contributed by atoms with van der Waals surface area (Å²) in [7, 11) is 1.74. The standard InChI is InChI=1S/C20H23NO2/c1-3-5-19(22)21-13-12-14-8-10-17-18(23-2)11-9-15-6-4-7-16(14)20(15)17/h3-4,6-7,9,11,14H,1,5,8,10,12-13H2,2H3,(H,21,22). The van der Waals surface area contributed by atoms with Crippen molar-refractivity contribution in [1.29, 1.82) is 0 Å². The first-order valence-electron chi connectivity index (χ1n) is 8.20. The Balaban J connectivity index is 1.83. The van der Waals surface area contributed by atoms with E-state index in [1.54, 1.807) is 13.2 Å². The highest BCUT2D eigenvalue weighted by Gasteiger charge is 2.23. The van der Waals surface area contributed by atoms with Gasteiger partial charge in [-0.1, -0.05) is 30.3 Å². The third-order valence-corrected chi connectivity index (χ3v) is 4.69. The van der Waals surface area contributed by atoms with Crippen molar-refractivity contribution in [3.63, 3.8) is 0 Å². The molecular formula is C20H23NO2. The molecule has 1 N–H and O–H groups in total. The molecule has 3 rings (SSSR count). The van der Waals surface area contributed by atoms with Crippen LogP contribution in [0.25, 0.3) is 10.8 Å². The molecule has 0 saturated heterocycles. The number of carbonyl (C=O) groups is 1. The average Bonchev–Trinajstić information content (AvgIpc) is 2.57. The van der Waals surface area contributed by atoms with E-state index >= 15 is 0 Å². The number of ether oxygens (including phenoxy) is 1. The van der Waals surface area contributed by atoms with Crippen LogP contribution >= 0.6 is 0 Å². The lowest BCUT2D eigenvalue weighted by Crippen LogP contribution is -2.25. The normalized spacial score (nSPS) is 16.1. The molecule has 0 bridgehead atoms. The van der Waals surface area contributed by atoms with Crippen LogP contribution in [0.5, 0.6) is 5.75 Å². The molecule has 2 aromatic carbocycles. The van der Waals surface area contributed by atoms with E-state index in [-0.39, 0.29) is 5.91 Å². The van der Waals surface area contributed by atoms with Crippen LogP contribution in [0.2, 0.25) is 0 Å². The lowest BCUT2D eigenvalue weighted by Gasteiger charge is -2.27. The maximum atomic E-state index is 11.6. The van der Waals surface area contributed by atoms with Gasteiger partial charge in [-0.25, -0.2) is 0 Å². The molecule has 0 aromatic heterocycles. The van der Waals surface area contributed by atoms with E-state index in [1.165, 1.54) is 21.9 Å². The molecule has 1 aliphatic rings. The van der Waals surface area contributed by atoms with Gasteiger partial charge < -0.3 is 10.1 Å². The van der Waals surface area contributed by atoms with Gasteiger partial charge in [0.05, 0.1) is 7.11 Å². The van der Waals surface area contributed by atoms with Gasteiger partial charge in [0.1, 0.15) is 5.75 Å². The molecule has 2 aromatic rings. The quantitative estimate of drug-likeness (QED) is 0.820. The van der Waals surface area contributed by atoms with Crippen molar-refractivity contribution < 1.29 is 9.53 Å². The van der Waals surface area contributed by atoms with Gasteiger partial charge in [0, 0.05) is 18.5 Å². The largest absolute Gasteiger partial charge is 0.496 e. The van der Waals surface area contributed by atoms with E-state index in [4.69, 9.17) is 4.74 Å². The number of rotatable bonds is 6. The van der Waals surface area contributed by atoms with Crippen LogP contribution in [0.3, 0.4) is 0 Å². The first-order valence-corrected chi connectivity index (χ1v) is 8.20. The molecule has 3 nitrogen and oxygen atoms in total. The molecule has 1 atom stereocenters. The first-order chi connectivity index (χ1) is 11.2. The van der Waals surface area contributed by atoms with Gasteiger partial charge >= 0.3 is 0 Å². The molecule has 0 spiro atoms. The number of benzene rings is 2. The molecule has 3 heteroatoms. The molecule has 0 aliphatic heterocycles. The van der Waals surface area contributed by atoms with Crippen LogP contribution in [-0.2, 0) is 11.2 Å². The monoisotopic (exact) mass is 309 g/mol.